The van der Waals surface area contributed by atoms with Crippen LogP contribution in [0.4, 0.5) is 10.5 Å². The van der Waals surface area contributed by atoms with Crippen molar-refractivity contribution in [2.24, 2.45) is 0 Å². The molecular weight excluding hydrogens is 618 g/mol. The number of alkyl halides is 1. The Hall–Kier alpha value is -3.71. The smallest absolute Gasteiger partial charge is 0.426 e. The first kappa shape index (κ1) is 31.3. The van der Waals surface area contributed by atoms with Gasteiger partial charge in [-0.1, -0.05) is 42.5 Å². The molecular formula is C32H36ClN5O6S. The number of pyridine rings is 1. The van der Waals surface area contributed by atoms with E-state index in [2.05, 4.69) is 27.1 Å². The molecule has 0 bridgehead atoms. The van der Waals surface area contributed by atoms with E-state index >= 15 is 0 Å². The van der Waals surface area contributed by atoms with Crippen LogP contribution in [0.25, 0.3) is 0 Å². The van der Waals surface area contributed by atoms with Crippen LogP contribution in [-0.2, 0) is 19.1 Å². The molecule has 13 heteroatoms. The second kappa shape index (κ2) is 13.0. The van der Waals surface area contributed by atoms with Crippen LogP contribution in [0.5, 0.6) is 5.88 Å². The summed E-state index contributed by atoms with van der Waals surface area (Å²) in [5.41, 5.74) is 1.24. The summed E-state index contributed by atoms with van der Waals surface area (Å²) in [5, 5.41) is 2.96. The Bertz CT molecular complexity index is 1650. The molecule has 0 spiro atoms. The summed E-state index contributed by atoms with van der Waals surface area (Å²) in [5.74, 6) is -0.825. The van der Waals surface area contributed by atoms with Crippen LogP contribution in [0.2, 0.25) is 0 Å². The maximum atomic E-state index is 14.1. The number of aromatic nitrogens is 1. The lowest BCUT2D eigenvalue weighted by atomic mass is 9.80. The summed E-state index contributed by atoms with van der Waals surface area (Å²) in [6.07, 6.45) is 2.14. The zero-order valence-electron chi connectivity index (χ0n) is 25.1. The molecule has 11 nitrogen and oxygen atoms in total. The van der Waals surface area contributed by atoms with Crippen LogP contribution in [0, 0.1) is 0 Å². The molecule has 4 heterocycles. The zero-order chi connectivity index (χ0) is 31.7. The fourth-order valence-corrected chi connectivity index (χ4v) is 8.09. The minimum atomic E-state index is -4.48. The summed E-state index contributed by atoms with van der Waals surface area (Å²) in [7, 11) is -2.40. The van der Waals surface area contributed by atoms with E-state index in [-0.39, 0.29) is 23.4 Å². The van der Waals surface area contributed by atoms with Crippen LogP contribution in [0.3, 0.4) is 0 Å². The SMILES string of the molecule is CCOc1ncccc1C1C(C2C(=O)Nc3ccccc32)N(C(=O)OS(=O)(=O)c2ccccc2)CC(Cl)N1C1CCN(C)CC1. The van der Waals surface area contributed by atoms with E-state index < -0.39 is 39.7 Å². The van der Waals surface area contributed by atoms with Crippen LogP contribution >= 0.6 is 11.6 Å². The molecule has 4 unspecified atom stereocenters. The van der Waals surface area contributed by atoms with Crippen LogP contribution in [0.15, 0.2) is 77.8 Å². The van der Waals surface area contributed by atoms with Gasteiger partial charge in [-0.05, 0) is 69.7 Å². The van der Waals surface area contributed by atoms with Gasteiger partial charge in [-0.15, -0.1) is 11.6 Å². The van der Waals surface area contributed by atoms with Crippen molar-refractivity contribution in [3.8, 4) is 5.88 Å². The van der Waals surface area contributed by atoms with E-state index in [0.29, 0.717) is 29.3 Å². The van der Waals surface area contributed by atoms with E-state index in [4.69, 9.17) is 20.5 Å². The fourth-order valence-electron chi connectivity index (χ4n) is 6.79. The Balaban J connectivity index is 1.51. The maximum Gasteiger partial charge on any atom is 0.426 e. The van der Waals surface area contributed by atoms with Crippen molar-refractivity contribution in [3.05, 3.63) is 84.1 Å². The second-order valence-electron chi connectivity index (χ2n) is 11.5. The average Bonchev–Trinajstić information content (AvgIpc) is 3.37. The number of nitrogens with zero attached hydrogens (tertiary/aromatic N) is 4. The number of carbonyl (C=O) groups excluding carboxylic acids is 2. The van der Waals surface area contributed by atoms with Gasteiger partial charge in [-0.3, -0.25) is 14.6 Å². The predicted molar refractivity (Wildman–Crippen MR) is 169 cm³/mol. The number of hydrogen-bond donors (Lipinski definition) is 1. The first-order chi connectivity index (χ1) is 21.7. The highest BCUT2D eigenvalue weighted by Crippen LogP contribution is 2.49. The van der Waals surface area contributed by atoms with Crippen LogP contribution < -0.4 is 10.1 Å². The molecule has 1 N–H and O–H groups in total. The van der Waals surface area contributed by atoms with Crippen molar-refractivity contribution in [3.63, 3.8) is 0 Å². The van der Waals surface area contributed by atoms with Gasteiger partial charge in [0.1, 0.15) is 10.4 Å². The van der Waals surface area contributed by atoms with Gasteiger partial charge in [0.15, 0.2) is 0 Å². The highest BCUT2D eigenvalue weighted by molar-refractivity contribution is 7.87. The van der Waals surface area contributed by atoms with Gasteiger partial charge in [0.25, 0.3) is 0 Å². The fraction of sp³-hybridized carbons (Fsp3) is 0.406. The van der Waals surface area contributed by atoms with E-state index in [1.54, 1.807) is 30.5 Å². The molecule has 3 aliphatic heterocycles. The Morgan fingerprint density at radius 1 is 1.02 bits per heavy atom. The largest absolute Gasteiger partial charge is 0.478 e. The second-order valence-corrected chi connectivity index (χ2v) is 13.6. The molecule has 4 atom stereocenters. The van der Waals surface area contributed by atoms with Crippen LogP contribution in [0.1, 0.15) is 42.9 Å². The number of piperidine rings is 1. The number of carbonyl (C=O) groups is 2. The van der Waals surface area contributed by atoms with E-state index in [9.17, 15) is 18.0 Å². The Morgan fingerprint density at radius 3 is 2.44 bits per heavy atom. The topological polar surface area (TPSA) is 121 Å². The lowest BCUT2D eigenvalue weighted by Crippen LogP contribution is -2.65. The van der Waals surface area contributed by atoms with Crippen molar-refractivity contribution in [2.45, 2.75) is 54.2 Å². The summed E-state index contributed by atoms with van der Waals surface area (Å²) in [4.78, 5) is 38.1. The van der Waals surface area contributed by atoms with Crippen molar-refractivity contribution >= 4 is 39.4 Å². The Morgan fingerprint density at radius 2 is 1.71 bits per heavy atom. The molecule has 6 rings (SSSR count). The van der Waals surface area contributed by atoms with Crippen molar-refractivity contribution in [2.75, 3.05) is 38.6 Å². The van der Waals surface area contributed by atoms with Gasteiger partial charge in [-0.25, -0.2) is 9.78 Å². The minimum absolute atomic E-state index is 0.0109. The first-order valence-corrected chi connectivity index (χ1v) is 16.9. The highest BCUT2D eigenvalue weighted by Gasteiger charge is 2.55. The number of hydrogen-bond acceptors (Lipinski definition) is 9. The van der Waals surface area contributed by atoms with Gasteiger partial charge in [0.2, 0.25) is 11.8 Å². The third-order valence-corrected chi connectivity index (χ3v) is 10.4. The number of ether oxygens (including phenoxy) is 1. The number of anilines is 1. The Labute approximate surface area is 268 Å². The molecule has 1 aromatic heterocycles. The normalized spacial score (nSPS) is 24.6. The summed E-state index contributed by atoms with van der Waals surface area (Å²) in [6, 6.07) is 16.8. The monoisotopic (exact) mass is 653 g/mol. The summed E-state index contributed by atoms with van der Waals surface area (Å²) in [6.45, 7) is 3.82. The zero-order valence-corrected chi connectivity index (χ0v) is 26.7. The van der Waals surface area contributed by atoms with E-state index in [0.717, 1.165) is 25.9 Å². The molecule has 45 heavy (non-hydrogen) atoms. The number of rotatable bonds is 7. The number of piperazine rings is 1. The molecule has 2 fully saturated rings. The molecule has 0 radical (unpaired) electrons. The molecule has 3 aliphatic rings. The molecule has 238 valence electrons. The molecule has 0 aliphatic carbocycles. The third-order valence-electron chi connectivity index (χ3n) is 8.81. The molecule has 2 aromatic carbocycles. The standard InChI is InChI=1S/C32H36ClN5O6S/c1-3-43-31-24(13-9-17-34-31)28-29(27-23-12-7-8-14-25(23)35-30(27)39)37(20-26(33)38(28)21-15-18-36(2)19-16-21)32(40)44-45(41,42)22-10-5-4-6-11-22/h4-14,17,21,26-29H,3,15-16,18-20H2,1-2H3,(H,35,39). The quantitative estimate of drug-likeness (QED) is 0.224. The minimum Gasteiger partial charge on any atom is -0.478 e. The molecule has 3 aromatic rings. The van der Waals surface area contributed by atoms with Crippen molar-refractivity contribution in [1.29, 1.82) is 0 Å². The molecule has 0 saturated carbocycles. The van der Waals surface area contributed by atoms with Crippen LogP contribution in [-0.4, -0.2) is 91.0 Å². The predicted octanol–water partition coefficient (Wildman–Crippen LogP) is 4.43. The third kappa shape index (κ3) is 6.11. The number of likely N-dealkylation sites (tertiary alicyclic amines) is 1. The lowest BCUT2D eigenvalue weighted by molar-refractivity contribution is -0.120. The lowest BCUT2D eigenvalue weighted by Gasteiger charge is -2.54. The number of halogens is 1. The van der Waals surface area contributed by atoms with Gasteiger partial charge >= 0.3 is 16.2 Å². The number of benzene rings is 2. The Kier molecular flexibility index (Phi) is 9.00. The maximum absolute atomic E-state index is 14.1. The van der Waals surface area contributed by atoms with E-state index in [1.807, 2.05) is 37.3 Å². The average molecular weight is 654 g/mol. The summed E-state index contributed by atoms with van der Waals surface area (Å²) >= 11 is 7.21. The van der Waals surface area contributed by atoms with Gasteiger partial charge in [0.05, 0.1) is 31.2 Å². The number of para-hydroxylation sites is 1. The number of nitrogens with one attached hydrogen (secondary N) is 1. The first-order valence-electron chi connectivity index (χ1n) is 15.1. The van der Waals surface area contributed by atoms with Gasteiger partial charge in [0, 0.05) is 23.5 Å². The highest BCUT2D eigenvalue weighted by atomic mass is 35.5. The molecule has 2 saturated heterocycles. The van der Waals surface area contributed by atoms with Crippen molar-refractivity contribution < 1.29 is 26.9 Å². The molecule has 2 amide bonds. The number of fused-ring (bicyclic) bond motifs is 1. The summed E-state index contributed by atoms with van der Waals surface area (Å²) < 4.78 is 37.8. The van der Waals surface area contributed by atoms with Gasteiger partial charge < -0.3 is 19.1 Å². The number of amides is 2. The van der Waals surface area contributed by atoms with Gasteiger partial charge in [-0.2, -0.15) is 8.42 Å². The van der Waals surface area contributed by atoms with E-state index in [1.165, 1.54) is 17.0 Å². The van der Waals surface area contributed by atoms with Crippen molar-refractivity contribution in [1.82, 2.24) is 19.7 Å².